The molecule has 1 aromatic carbocycles. The summed E-state index contributed by atoms with van der Waals surface area (Å²) in [6.45, 7) is 2.73. The van der Waals surface area contributed by atoms with Gasteiger partial charge in [-0.1, -0.05) is 12.1 Å². The normalized spacial score (nSPS) is 24.6. The van der Waals surface area contributed by atoms with Gasteiger partial charge in [0.15, 0.2) is 0 Å². The highest BCUT2D eigenvalue weighted by Gasteiger charge is 2.48. The summed E-state index contributed by atoms with van der Waals surface area (Å²) in [7, 11) is 0. The third-order valence-electron chi connectivity index (χ3n) is 5.48. The lowest BCUT2D eigenvalue weighted by atomic mass is 9.78. The van der Waals surface area contributed by atoms with Gasteiger partial charge in [-0.05, 0) is 56.5 Å². The Kier molecular flexibility index (Phi) is 5.55. The second-order valence-electron chi connectivity index (χ2n) is 7.48. The predicted octanol–water partition coefficient (Wildman–Crippen LogP) is 3.98. The Hall–Kier alpha value is -1.63. The number of alkyl halides is 3. The van der Waals surface area contributed by atoms with E-state index in [1.54, 1.807) is 12.1 Å². The van der Waals surface area contributed by atoms with Gasteiger partial charge in [0.25, 0.3) is 0 Å². The molecule has 0 aliphatic carbocycles. The van der Waals surface area contributed by atoms with E-state index in [9.17, 15) is 22.4 Å². The molecule has 1 spiro atoms. The number of carbonyl (C=O) groups excluding carboxylic acids is 1. The van der Waals surface area contributed by atoms with Gasteiger partial charge in [0, 0.05) is 26.1 Å². The van der Waals surface area contributed by atoms with Crippen molar-refractivity contribution >= 4 is 5.91 Å². The van der Waals surface area contributed by atoms with Crippen molar-refractivity contribution in [3.05, 3.63) is 35.6 Å². The molecule has 0 bridgehead atoms. The number of hydrogen-bond acceptors (Lipinski definition) is 2. The first-order valence-electron chi connectivity index (χ1n) is 9.10. The molecule has 2 heterocycles. The van der Waals surface area contributed by atoms with Crippen molar-refractivity contribution in [3.63, 3.8) is 0 Å². The van der Waals surface area contributed by atoms with Crippen molar-refractivity contribution < 1.29 is 22.4 Å². The highest BCUT2D eigenvalue weighted by atomic mass is 19.4. The highest BCUT2D eigenvalue weighted by Crippen LogP contribution is 2.40. The van der Waals surface area contributed by atoms with Gasteiger partial charge in [0.1, 0.15) is 5.82 Å². The van der Waals surface area contributed by atoms with Crippen LogP contribution in [0.3, 0.4) is 0 Å². The van der Waals surface area contributed by atoms with Crippen LogP contribution in [0.5, 0.6) is 0 Å². The lowest BCUT2D eigenvalue weighted by Crippen LogP contribution is -2.49. The summed E-state index contributed by atoms with van der Waals surface area (Å²) in [6.07, 6.45) is -2.43. The number of likely N-dealkylation sites (tertiary alicyclic amines) is 2. The minimum absolute atomic E-state index is 0.0765. The van der Waals surface area contributed by atoms with Crippen LogP contribution in [0.25, 0.3) is 0 Å². The largest absolute Gasteiger partial charge is 0.389 e. The summed E-state index contributed by atoms with van der Waals surface area (Å²) in [5.41, 5.74) is 0.424. The van der Waals surface area contributed by atoms with E-state index in [0.717, 1.165) is 18.4 Å². The minimum atomic E-state index is -4.12. The lowest BCUT2D eigenvalue weighted by Gasteiger charge is -2.39. The van der Waals surface area contributed by atoms with E-state index in [1.807, 2.05) is 9.80 Å². The van der Waals surface area contributed by atoms with Crippen LogP contribution in [0.4, 0.5) is 17.6 Å². The number of benzene rings is 1. The summed E-state index contributed by atoms with van der Waals surface area (Å²) in [5.74, 6) is -0.216. The molecule has 3 rings (SSSR count). The molecule has 2 aliphatic heterocycles. The molecule has 2 fully saturated rings. The summed E-state index contributed by atoms with van der Waals surface area (Å²) in [4.78, 5) is 16.9. The Morgan fingerprint density at radius 3 is 2.50 bits per heavy atom. The third-order valence-corrected chi connectivity index (χ3v) is 5.48. The van der Waals surface area contributed by atoms with E-state index in [-0.39, 0.29) is 18.1 Å². The first kappa shape index (κ1) is 19.1. The topological polar surface area (TPSA) is 23.6 Å². The predicted molar refractivity (Wildman–Crippen MR) is 89.8 cm³/mol. The van der Waals surface area contributed by atoms with Crippen molar-refractivity contribution in [2.24, 2.45) is 5.41 Å². The van der Waals surface area contributed by atoms with Crippen LogP contribution in [0, 0.1) is 11.2 Å². The van der Waals surface area contributed by atoms with Crippen LogP contribution in [-0.2, 0) is 11.3 Å². The molecule has 1 atom stereocenters. The van der Waals surface area contributed by atoms with Crippen LogP contribution in [-0.4, -0.2) is 48.1 Å². The molecule has 2 aliphatic rings. The molecule has 3 nitrogen and oxygen atoms in total. The molecular weight excluding hydrogens is 348 g/mol. The van der Waals surface area contributed by atoms with Gasteiger partial charge >= 0.3 is 6.18 Å². The van der Waals surface area contributed by atoms with Crippen LogP contribution < -0.4 is 0 Å². The van der Waals surface area contributed by atoms with E-state index in [1.165, 1.54) is 12.1 Å². The van der Waals surface area contributed by atoms with Gasteiger partial charge < -0.3 is 9.80 Å². The lowest BCUT2D eigenvalue weighted by molar-refractivity contribution is -0.146. The maximum absolute atomic E-state index is 13.0. The fraction of sp³-hybridized carbons (Fsp3) is 0.632. The Morgan fingerprint density at radius 2 is 1.81 bits per heavy atom. The van der Waals surface area contributed by atoms with E-state index < -0.39 is 18.0 Å². The average molecular weight is 372 g/mol. The molecule has 26 heavy (non-hydrogen) atoms. The zero-order valence-corrected chi connectivity index (χ0v) is 14.7. The second-order valence-corrected chi connectivity index (χ2v) is 7.48. The van der Waals surface area contributed by atoms with Gasteiger partial charge in [0.2, 0.25) is 5.91 Å². The Morgan fingerprint density at radius 1 is 1.08 bits per heavy atom. The van der Waals surface area contributed by atoms with Crippen molar-refractivity contribution in [3.8, 4) is 0 Å². The van der Waals surface area contributed by atoms with Crippen LogP contribution in [0.1, 0.15) is 37.7 Å². The van der Waals surface area contributed by atoms with Crippen LogP contribution >= 0.6 is 0 Å². The fourth-order valence-corrected chi connectivity index (χ4v) is 4.14. The quantitative estimate of drug-likeness (QED) is 0.730. The third kappa shape index (κ3) is 4.55. The number of amides is 1. The average Bonchev–Trinajstić information content (AvgIpc) is 2.97. The maximum Gasteiger partial charge on any atom is 0.389 e. The number of hydrogen-bond donors (Lipinski definition) is 0. The summed E-state index contributed by atoms with van der Waals surface area (Å²) >= 11 is 0. The number of rotatable bonds is 5. The van der Waals surface area contributed by atoms with E-state index >= 15 is 0 Å². The highest BCUT2D eigenvalue weighted by molar-refractivity contribution is 5.84. The van der Waals surface area contributed by atoms with E-state index in [2.05, 4.69) is 0 Å². The van der Waals surface area contributed by atoms with Gasteiger partial charge in [-0.2, -0.15) is 13.2 Å². The standard InChI is InChI=1S/C19H24F4N2O/c20-16-5-3-15(4-6-16)13-25-11-1-7-18(17(25)26)9-12-24(14-18)10-2-8-19(21,22)23/h3-6H,1-2,7-14H2. The van der Waals surface area contributed by atoms with E-state index in [0.29, 0.717) is 39.1 Å². The Labute approximate surface area is 151 Å². The smallest absolute Gasteiger partial charge is 0.338 e. The number of halogens is 4. The first-order valence-corrected chi connectivity index (χ1v) is 9.10. The summed E-state index contributed by atoms with van der Waals surface area (Å²) in [5, 5.41) is 0. The van der Waals surface area contributed by atoms with Gasteiger partial charge in [0.05, 0.1) is 5.41 Å². The Bertz CT molecular complexity index is 631. The van der Waals surface area contributed by atoms with Crippen LogP contribution in [0.2, 0.25) is 0 Å². The van der Waals surface area contributed by atoms with E-state index in [4.69, 9.17) is 0 Å². The number of nitrogens with zero attached hydrogens (tertiary/aromatic N) is 2. The molecule has 0 radical (unpaired) electrons. The molecule has 0 N–H and O–H groups in total. The van der Waals surface area contributed by atoms with Crippen LogP contribution in [0.15, 0.2) is 24.3 Å². The minimum Gasteiger partial charge on any atom is -0.338 e. The van der Waals surface area contributed by atoms with Crippen molar-refractivity contribution in [1.29, 1.82) is 0 Å². The zero-order chi connectivity index (χ0) is 18.8. The Balaban J connectivity index is 1.58. The SMILES string of the molecule is O=C1N(Cc2ccc(F)cc2)CCCC12CCN(CCCC(F)(F)F)C2. The molecule has 1 unspecified atom stereocenters. The molecule has 0 saturated carbocycles. The zero-order valence-electron chi connectivity index (χ0n) is 14.7. The van der Waals surface area contributed by atoms with Gasteiger partial charge in [-0.25, -0.2) is 4.39 Å². The van der Waals surface area contributed by atoms with Crippen molar-refractivity contribution in [2.75, 3.05) is 26.2 Å². The molecule has 1 aromatic rings. The maximum atomic E-state index is 13.0. The van der Waals surface area contributed by atoms with Gasteiger partial charge in [-0.3, -0.25) is 4.79 Å². The van der Waals surface area contributed by atoms with Crippen molar-refractivity contribution in [2.45, 2.75) is 44.8 Å². The monoisotopic (exact) mass is 372 g/mol. The first-order chi connectivity index (χ1) is 12.3. The number of piperidine rings is 1. The number of carbonyl (C=O) groups is 1. The molecule has 0 aromatic heterocycles. The second kappa shape index (κ2) is 7.55. The fourth-order valence-electron chi connectivity index (χ4n) is 4.14. The summed E-state index contributed by atoms with van der Waals surface area (Å²) in [6, 6.07) is 6.14. The van der Waals surface area contributed by atoms with Crippen molar-refractivity contribution in [1.82, 2.24) is 9.80 Å². The molecule has 2 saturated heterocycles. The summed E-state index contributed by atoms with van der Waals surface area (Å²) < 4.78 is 50.0. The molecular formula is C19H24F4N2O. The molecule has 7 heteroatoms. The molecule has 144 valence electrons. The van der Waals surface area contributed by atoms with Gasteiger partial charge in [-0.15, -0.1) is 0 Å². The molecule has 1 amide bonds.